The van der Waals surface area contributed by atoms with Crippen molar-refractivity contribution in [3.05, 3.63) is 71.3 Å². The fourth-order valence-corrected chi connectivity index (χ4v) is 5.97. The quantitative estimate of drug-likeness (QED) is 0.366. The van der Waals surface area contributed by atoms with Crippen molar-refractivity contribution in [1.29, 1.82) is 0 Å². The maximum absolute atomic E-state index is 14.1. The molecule has 3 atom stereocenters. The predicted octanol–water partition coefficient (Wildman–Crippen LogP) is 4.37. The molecule has 2 aliphatic heterocycles. The lowest BCUT2D eigenvalue weighted by atomic mass is 9.85. The zero-order valence-corrected chi connectivity index (χ0v) is 22.5. The number of aromatic amines is 2. The van der Waals surface area contributed by atoms with Crippen molar-refractivity contribution in [2.24, 2.45) is 5.41 Å². The predicted molar refractivity (Wildman–Crippen MR) is 147 cm³/mol. The Morgan fingerprint density at radius 3 is 2.36 bits per heavy atom. The first kappa shape index (κ1) is 25.2. The highest BCUT2D eigenvalue weighted by Crippen LogP contribution is 2.34. The van der Waals surface area contributed by atoms with Gasteiger partial charge in [-0.3, -0.25) is 14.4 Å². The zero-order chi connectivity index (χ0) is 27.6. The molecule has 6 rings (SSSR count). The molecule has 2 bridgehead atoms. The molecule has 8 nitrogen and oxygen atoms in total. The van der Waals surface area contributed by atoms with Crippen molar-refractivity contribution in [2.45, 2.75) is 52.2 Å². The fourth-order valence-electron chi connectivity index (χ4n) is 5.97. The lowest BCUT2D eigenvalue weighted by Gasteiger charge is -2.39. The summed E-state index contributed by atoms with van der Waals surface area (Å²) in [5, 5.41) is 4.49. The molecule has 9 heteroatoms. The van der Waals surface area contributed by atoms with Gasteiger partial charge in [0.1, 0.15) is 23.2 Å². The first-order valence-electron chi connectivity index (χ1n) is 13.3. The van der Waals surface area contributed by atoms with Gasteiger partial charge >= 0.3 is 0 Å². The number of piperazine rings is 1. The Bertz CT molecular complexity index is 1630. The van der Waals surface area contributed by atoms with Crippen molar-refractivity contribution in [2.75, 3.05) is 13.1 Å². The monoisotopic (exact) mass is 529 g/mol. The highest BCUT2D eigenvalue weighted by atomic mass is 19.1. The number of carbonyl (C=O) groups is 3. The number of nitrogens with one attached hydrogen (secondary N) is 3. The first-order valence-corrected chi connectivity index (χ1v) is 13.3. The second-order valence-electron chi connectivity index (χ2n) is 11.9. The van der Waals surface area contributed by atoms with Crippen molar-refractivity contribution in [3.8, 4) is 0 Å². The van der Waals surface area contributed by atoms with Crippen LogP contribution in [0.4, 0.5) is 4.39 Å². The van der Waals surface area contributed by atoms with Crippen LogP contribution in [-0.4, -0.2) is 68.7 Å². The molecule has 0 aliphatic carbocycles. The zero-order valence-electron chi connectivity index (χ0n) is 22.5. The average molecular weight is 530 g/mol. The second-order valence-corrected chi connectivity index (χ2v) is 11.9. The lowest BCUT2D eigenvalue weighted by Crippen LogP contribution is -2.59. The van der Waals surface area contributed by atoms with Crippen LogP contribution in [0, 0.1) is 18.2 Å². The largest absolute Gasteiger partial charge is 0.351 e. The van der Waals surface area contributed by atoms with E-state index in [1.807, 2.05) is 61.8 Å². The van der Waals surface area contributed by atoms with Crippen molar-refractivity contribution in [3.63, 3.8) is 0 Å². The number of carbonyl (C=O) groups excluding carboxylic acids is 3. The lowest BCUT2D eigenvalue weighted by molar-refractivity contribution is -0.138. The molecular weight excluding hydrogens is 497 g/mol. The van der Waals surface area contributed by atoms with Gasteiger partial charge in [-0.15, -0.1) is 0 Å². The van der Waals surface area contributed by atoms with Crippen LogP contribution < -0.4 is 5.32 Å². The number of rotatable bonds is 4. The van der Waals surface area contributed by atoms with Crippen molar-refractivity contribution < 1.29 is 18.8 Å². The van der Waals surface area contributed by atoms with Gasteiger partial charge in [0.2, 0.25) is 5.91 Å². The van der Waals surface area contributed by atoms with Gasteiger partial charge in [-0.05, 0) is 49.1 Å². The standard InChI is InChI=1S/C30H32FN5O3/c1-16-8-9-22-18(10-16)12-24(32-22)28(38)35-14-20-13-19(35)15-36(20)29(39)26(30(2,3)4)34-27(37)23-11-17-6-5-7-21(31)25(17)33-23/h5-12,19-20,26,32-33H,13-15H2,1-4H3,(H,34,37)/t19-,20-,26+/m0/s1. The van der Waals surface area contributed by atoms with E-state index in [0.29, 0.717) is 30.6 Å². The molecular formula is C30H32FN5O3. The summed E-state index contributed by atoms with van der Waals surface area (Å²) in [4.78, 5) is 50.1. The number of aromatic nitrogens is 2. The maximum atomic E-state index is 14.1. The average Bonchev–Trinajstić information content (AvgIpc) is 3.67. The summed E-state index contributed by atoms with van der Waals surface area (Å²) in [6.45, 7) is 8.62. The molecule has 2 fully saturated rings. The Labute approximate surface area is 225 Å². The number of para-hydroxylation sites is 1. The number of aryl methyl sites for hydroxylation is 1. The van der Waals surface area contributed by atoms with Gasteiger partial charge < -0.3 is 25.1 Å². The third kappa shape index (κ3) is 4.35. The van der Waals surface area contributed by atoms with Crippen LogP contribution in [0.25, 0.3) is 21.8 Å². The van der Waals surface area contributed by atoms with Crippen LogP contribution in [0.15, 0.2) is 48.5 Å². The number of hydrogen-bond acceptors (Lipinski definition) is 3. The minimum atomic E-state index is -0.790. The van der Waals surface area contributed by atoms with E-state index in [4.69, 9.17) is 0 Å². The van der Waals surface area contributed by atoms with Crippen LogP contribution in [0.2, 0.25) is 0 Å². The summed E-state index contributed by atoms with van der Waals surface area (Å²) in [5.74, 6) is -1.13. The molecule has 4 aromatic rings. The molecule has 202 valence electrons. The highest BCUT2D eigenvalue weighted by molar-refractivity contribution is 6.01. The van der Waals surface area contributed by atoms with E-state index in [-0.39, 0.29) is 35.1 Å². The normalized spacial score (nSPS) is 19.7. The molecule has 3 N–H and O–H groups in total. The maximum Gasteiger partial charge on any atom is 0.270 e. The van der Waals surface area contributed by atoms with E-state index in [9.17, 15) is 18.8 Å². The number of nitrogens with zero attached hydrogens (tertiary/aromatic N) is 2. The summed E-state index contributed by atoms with van der Waals surface area (Å²) >= 11 is 0. The van der Waals surface area contributed by atoms with E-state index in [1.165, 1.54) is 6.07 Å². The smallest absolute Gasteiger partial charge is 0.270 e. The van der Waals surface area contributed by atoms with Crippen LogP contribution in [0.3, 0.4) is 0 Å². The second kappa shape index (κ2) is 8.97. The van der Waals surface area contributed by atoms with Gasteiger partial charge in [0, 0.05) is 29.4 Å². The van der Waals surface area contributed by atoms with Crippen molar-refractivity contribution in [1.82, 2.24) is 25.1 Å². The van der Waals surface area contributed by atoms with E-state index in [2.05, 4.69) is 15.3 Å². The molecule has 39 heavy (non-hydrogen) atoms. The molecule has 0 unspecified atom stereocenters. The number of amides is 3. The minimum Gasteiger partial charge on any atom is -0.351 e. The Morgan fingerprint density at radius 1 is 0.949 bits per heavy atom. The number of likely N-dealkylation sites (tertiary alicyclic amines) is 2. The van der Waals surface area contributed by atoms with Gasteiger partial charge in [0.25, 0.3) is 11.8 Å². The topological polar surface area (TPSA) is 101 Å². The molecule has 3 amide bonds. The van der Waals surface area contributed by atoms with E-state index < -0.39 is 23.2 Å². The van der Waals surface area contributed by atoms with Crippen LogP contribution in [0.1, 0.15) is 53.7 Å². The molecule has 0 saturated carbocycles. The summed E-state index contributed by atoms with van der Waals surface area (Å²) < 4.78 is 14.1. The molecule has 0 radical (unpaired) electrons. The highest BCUT2D eigenvalue weighted by Gasteiger charge is 2.50. The fraction of sp³-hybridized carbons (Fsp3) is 0.367. The molecule has 2 aromatic carbocycles. The van der Waals surface area contributed by atoms with E-state index >= 15 is 0 Å². The number of H-pyrrole nitrogens is 2. The number of hydrogen-bond donors (Lipinski definition) is 3. The number of halogens is 1. The summed E-state index contributed by atoms with van der Waals surface area (Å²) in [7, 11) is 0. The van der Waals surface area contributed by atoms with Crippen LogP contribution in [-0.2, 0) is 4.79 Å². The third-order valence-corrected chi connectivity index (χ3v) is 8.03. The Morgan fingerprint density at radius 2 is 1.67 bits per heavy atom. The van der Waals surface area contributed by atoms with Crippen LogP contribution in [0.5, 0.6) is 0 Å². The number of benzene rings is 2. The molecule has 2 aromatic heterocycles. The van der Waals surface area contributed by atoms with Gasteiger partial charge in [-0.1, -0.05) is 44.5 Å². The van der Waals surface area contributed by atoms with Gasteiger partial charge in [-0.2, -0.15) is 0 Å². The minimum absolute atomic E-state index is 0.0600. The Hall–Kier alpha value is -4.14. The molecule has 2 aliphatic rings. The molecule has 0 spiro atoms. The van der Waals surface area contributed by atoms with E-state index in [1.54, 1.807) is 18.2 Å². The third-order valence-electron chi connectivity index (χ3n) is 8.03. The first-order chi connectivity index (χ1) is 18.5. The Balaban J connectivity index is 1.17. The summed E-state index contributed by atoms with van der Waals surface area (Å²) in [6.07, 6.45) is 0.711. The summed E-state index contributed by atoms with van der Waals surface area (Å²) in [6, 6.07) is 13.2. The van der Waals surface area contributed by atoms with E-state index in [0.717, 1.165) is 16.5 Å². The Kier molecular flexibility index (Phi) is 5.78. The SMILES string of the molecule is Cc1ccc2[nH]c(C(=O)N3C[C@@H]4C[C@H]3CN4C(=O)[C@@H](NC(=O)c3cc4cccc(F)c4[nH]3)C(C)(C)C)cc2c1. The van der Waals surface area contributed by atoms with Gasteiger partial charge in [0.15, 0.2) is 0 Å². The summed E-state index contributed by atoms with van der Waals surface area (Å²) in [5.41, 5.74) is 2.50. The molecule has 2 saturated heterocycles. The van der Waals surface area contributed by atoms with Crippen molar-refractivity contribution >= 4 is 39.5 Å². The molecule has 4 heterocycles. The number of fused-ring (bicyclic) bond motifs is 4. The van der Waals surface area contributed by atoms with Gasteiger partial charge in [0.05, 0.1) is 17.6 Å². The van der Waals surface area contributed by atoms with Gasteiger partial charge in [-0.25, -0.2) is 4.39 Å². The van der Waals surface area contributed by atoms with Crippen LogP contribution >= 0.6 is 0 Å².